The maximum atomic E-state index is 12.1. The minimum atomic E-state index is -0.0108. The molecule has 0 aromatic heterocycles. The van der Waals surface area contributed by atoms with E-state index in [-0.39, 0.29) is 17.9 Å². The molecule has 0 atom stereocenters. The van der Waals surface area contributed by atoms with Crippen LogP contribution in [0.4, 0.5) is 0 Å². The molecule has 0 radical (unpaired) electrons. The van der Waals surface area contributed by atoms with Crippen LogP contribution >= 0.6 is 11.6 Å². The zero-order valence-corrected chi connectivity index (χ0v) is 13.0. The van der Waals surface area contributed by atoms with Crippen LogP contribution in [0.5, 0.6) is 0 Å². The number of likely N-dealkylation sites (tertiary alicyclic amines) is 1. The highest BCUT2D eigenvalue weighted by atomic mass is 35.5. The van der Waals surface area contributed by atoms with Crippen molar-refractivity contribution in [1.29, 1.82) is 0 Å². The SMILES string of the molecule is CCC(=O)N1CCC(NC(=O)Cc2ccccc2Cl)CC1. The summed E-state index contributed by atoms with van der Waals surface area (Å²) in [6, 6.07) is 7.54. The van der Waals surface area contributed by atoms with Crippen molar-refractivity contribution in [1.82, 2.24) is 10.2 Å². The Hall–Kier alpha value is -1.55. The van der Waals surface area contributed by atoms with E-state index < -0.39 is 0 Å². The molecule has 1 aromatic carbocycles. The molecule has 1 N–H and O–H groups in total. The Morgan fingerprint density at radius 2 is 1.95 bits per heavy atom. The Labute approximate surface area is 130 Å². The van der Waals surface area contributed by atoms with E-state index in [0.717, 1.165) is 31.5 Å². The van der Waals surface area contributed by atoms with Gasteiger partial charge in [-0.05, 0) is 24.5 Å². The quantitative estimate of drug-likeness (QED) is 0.928. The van der Waals surface area contributed by atoms with Crippen LogP contribution in [0.25, 0.3) is 0 Å². The number of nitrogens with zero attached hydrogens (tertiary/aromatic N) is 1. The van der Waals surface area contributed by atoms with Crippen molar-refractivity contribution >= 4 is 23.4 Å². The second kappa shape index (κ2) is 7.46. The fourth-order valence-electron chi connectivity index (χ4n) is 2.59. The first-order valence-corrected chi connectivity index (χ1v) is 7.78. The Morgan fingerprint density at radius 3 is 2.57 bits per heavy atom. The largest absolute Gasteiger partial charge is 0.353 e. The lowest BCUT2D eigenvalue weighted by Crippen LogP contribution is -2.46. The molecule has 0 saturated carbocycles. The monoisotopic (exact) mass is 308 g/mol. The number of carbonyl (C=O) groups is 2. The van der Waals surface area contributed by atoms with Gasteiger partial charge in [0.1, 0.15) is 0 Å². The Bertz CT molecular complexity index is 511. The number of hydrogen-bond acceptors (Lipinski definition) is 2. The van der Waals surface area contributed by atoms with Gasteiger partial charge >= 0.3 is 0 Å². The van der Waals surface area contributed by atoms with Gasteiger partial charge in [0.25, 0.3) is 0 Å². The van der Waals surface area contributed by atoms with Crippen LogP contribution in [0.2, 0.25) is 5.02 Å². The average Bonchev–Trinajstić information content (AvgIpc) is 2.49. The molecule has 0 bridgehead atoms. The van der Waals surface area contributed by atoms with Gasteiger partial charge in [-0.3, -0.25) is 9.59 Å². The van der Waals surface area contributed by atoms with Crippen molar-refractivity contribution in [2.24, 2.45) is 0 Å². The van der Waals surface area contributed by atoms with E-state index >= 15 is 0 Å². The van der Waals surface area contributed by atoms with Crippen LogP contribution in [0.1, 0.15) is 31.7 Å². The van der Waals surface area contributed by atoms with Gasteiger partial charge in [0, 0.05) is 30.6 Å². The van der Waals surface area contributed by atoms with Crippen LogP contribution in [-0.4, -0.2) is 35.8 Å². The number of benzene rings is 1. The number of hydrogen-bond donors (Lipinski definition) is 1. The van der Waals surface area contributed by atoms with Gasteiger partial charge < -0.3 is 10.2 Å². The molecule has 1 aliphatic heterocycles. The van der Waals surface area contributed by atoms with E-state index in [9.17, 15) is 9.59 Å². The zero-order valence-electron chi connectivity index (χ0n) is 12.3. The third-order valence-electron chi connectivity index (χ3n) is 3.82. The second-order valence-corrected chi connectivity index (χ2v) is 5.75. The second-order valence-electron chi connectivity index (χ2n) is 5.34. The predicted octanol–water partition coefficient (Wildman–Crippen LogP) is 2.40. The van der Waals surface area contributed by atoms with E-state index in [0.29, 0.717) is 17.9 Å². The summed E-state index contributed by atoms with van der Waals surface area (Å²) in [6.07, 6.45) is 2.48. The summed E-state index contributed by atoms with van der Waals surface area (Å²) >= 11 is 6.06. The van der Waals surface area contributed by atoms with Crippen LogP contribution in [0, 0.1) is 0 Å². The van der Waals surface area contributed by atoms with E-state index in [4.69, 9.17) is 11.6 Å². The molecule has 1 aromatic rings. The molecule has 0 unspecified atom stereocenters. The maximum absolute atomic E-state index is 12.1. The lowest BCUT2D eigenvalue weighted by atomic mass is 10.0. The summed E-state index contributed by atoms with van der Waals surface area (Å²) in [5.74, 6) is 0.180. The number of nitrogens with one attached hydrogen (secondary N) is 1. The van der Waals surface area contributed by atoms with E-state index in [2.05, 4.69) is 5.32 Å². The van der Waals surface area contributed by atoms with E-state index in [1.54, 1.807) is 6.07 Å². The third kappa shape index (κ3) is 4.46. The summed E-state index contributed by atoms with van der Waals surface area (Å²) in [4.78, 5) is 25.5. The molecule has 4 nitrogen and oxygen atoms in total. The topological polar surface area (TPSA) is 49.4 Å². The molecule has 2 rings (SSSR count). The van der Waals surface area contributed by atoms with Gasteiger partial charge in [0.05, 0.1) is 6.42 Å². The lowest BCUT2D eigenvalue weighted by molar-refractivity contribution is -0.132. The number of carbonyl (C=O) groups excluding carboxylic acids is 2. The van der Waals surface area contributed by atoms with Gasteiger partial charge in [-0.1, -0.05) is 36.7 Å². The van der Waals surface area contributed by atoms with Gasteiger partial charge in [-0.25, -0.2) is 0 Å². The van der Waals surface area contributed by atoms with Gasteiger partial charge in [-0.2, -0.15) is 0 Å². The molecule has 2 amide bonds. The van der Waals surface area contributed by atoms with Gasteiger partial charge in [-0.15, -0.1) is 0 Å². The van der Waals surface area contributed by atoms with Crippen molar-refractivity contribution in [3.8, 4) is 0 Å². The third-order valence-corrected chi connectivity index (χ3v) is 4.19. The van der Waals surface area contributed by atoms with Crippen molar-refractivity contribution in [2.45, 2.75) is 38.6 Å². The fraction of sp³-hybridized carbons (Fsp3) is 0.500. The molecule has 0 spiro atoms. The van der Waals surface area contributed by atoms with Crippen LogP contribution in [0.3, 0.4) is 0 Å². The minimum Gasteiger partial charge on any atom is -0.353 e. The number of rotatable bonds is 4. The summed E-state index contributed by atoms with van der Waals surface area (Å²) in [5.41, 5.74) is 0.843. The molecular weight excluding hydrogens is 288 g/mol. The molecule has 5 heteroatoms. The first-order chi connectivity index (χ1) is 10.1. The van der Waals surface area contributed by atoms with E-state index in [1.165, 1.54) is 0 Å². The van der Waals surface area contributed by atoms with Crippen molar-refractivity contribution < 1.29 is 9.59 Å². The Balaban J connectivity index is 1.80. The standard InChI is InChI=1S/C16H21ClN2O2/c1-2-16(21)19-9-7-13(8-10-19)18-15(20)11-12-5-3-4-6-14(12)17/h3-6,13H,2,7-11H2,1H3,(H,18,20). The lowest BCUT2D eigenvalue weighted by Gasteiger charge is -2.32. The van der Waals surface area contributed by atoms with Gasteiger partial charge in [0.15, 0.2) is 0 Å². The molecule has 21 heavy (non-hydrogen) atoms. The molecule has 0 aliphatic carbocycles. The van der Waals surface area contributed by atoms with Crippen LogP contribution in [-0.2, 0) is 16.0 Å². The van der Waals surface area contributed by atoms with E-state index in [1.807, 2.05) is 30.0 Å². The zero-order chi connectivity index (χ0) is 15.2. The molecule has 1 fully saturated rings. The Morgan fingerprint density at radius 1 is 1.29 bits per heavy atom. The first kappa shape index (κ1) is 15.8. The first-order valence-electron chi connectivity index (χ1n) is 7.40. The van der Waals surface area contributed by atoms with Crippen molar-refractivity contribution in [3.63, 3.8) is 0 Å². The molecule has 114 valence electrons. The minimum absolute atomic E-state index is 0.0108. The predicted molar refractivity (Wildman–Crippen MR) is 83.2 cm³/mol. The summed E-state index contributed by atoms with van der Waals surface area (Å²) in [5, 5.41) is 3.66. The highest BCUT2D eigenvalue weighted by Crippen LogP contribution is 2.16. The van der Waals surface area contributed by atoms with Gasteiger partial charge in [0.2, 0.25) is 11.8 Å². The van der Waals surface area contributed by atoms with Crippen molar-refractivity contribution in [3.05, 3.63) is 34.9 Å². The fourth-order valence-corrected chi connectivity index (χ4v) is 2.79. The normalized spacial score (nSPS) is 15.8. The summed E-state index contributed by atoms with van der Waals surface area (Å²) in [7, 11) is 0. The maximum Gasteiger partial charge on any atom is 0.224 e. The van der Waals surface area contributed by atoms with Crippen LogP contribution in [0.15, 0.2) is 24.3 Å². The summed E-state index contributed by atoms with van der Waals surface area (Å²) < 4.78 is 0. The summed E-state index contributed by atoms with van der Waals surface area (Å²) in [6.45, 7) is 3.33. The van der Waals surface area contributed by atoms with Crippen molar-refractivity contribution in [2.75, 3.05) is 13.1 Å². The smallest absolute Gasteiger partial charge is 0.224 e. The van der Waals surface area contributed by atoms with Crippen LogP contribution < -0.4 is 5.32 Å². The highest BCUT2D eigenvalue weighted by Gasteiger charge is 2.22. The Kier molecular flexibility index (Phi) is 5.62. The molecule has 1 heterocycles. The number of piperidine rings is 1. The highest BCUT2D eigenvalue weighted by molar-refractivity contribution is 6.31. The number of halogens is 1. The average molecular weight is 309 g/mol. The number of amides is 2. The molecular formula is C16H21ClN2O2. The molecule has 1 aliphatic rings. The molecule has 1 saturated heterocycles.